The van der Waals surface area contributed by atoms with Gasteiger partial charge in [-0.2, -0.15) is 4.05 Å². The Labute approximate surface area is 55.5 Å². The van der Waals surface area contributed by atoms with Crippen LogP contribution in [0.4, 0.5) is 0 Å². The average Bonchev–Trinajstić information content (AvgIpc) is 1.75. The van der Waals surface area contributed by atoms with Crippen LogP contribution in [0.5, 0.6) is 0 Å². The summed E-state index contributed by atoms with van der Waals surface area (Å²) >= 11 is 2.11. The maximum Gasteiger partial charge on any atom is 0.227 e. The van der Waals surface area contributed by atoms with E-state index in [0.29, 0.717) is 0 Å². The molecule has 1 aliphatic carbocycles. The second-order valence-corrected chi connectivity index (χ2v) is 2.60. The Kier molecular flexibility index (Phi) is 3.03. The molecule has 0 atom stereocenters. The van der Waals surface area contributed by atoms with Gasteiger partial charge >= 0.3 is 0 Å². The van der Waals surface area contributed by atoms with E-state index in [-0.39, 0.29) is 17.0 Å². The molecule has 0 bridgehead atoms. The maximum absolute atomic E-state index is 2.11. The molecule has 5 heavy (non-hydrogen) atoms. The summed E-state index contributed by atoms with van der Waals surface area (Å²) in [5.74, 6) is 0. The molecule has 0 aromatic carbocycles. The van der Waals surface area contributed by atoms with E-state index in [0.717, 1.165) is 4.05 Å². The van der Waals surface area contributed by atoms with Crippen LogP contribution in [0.1, 0.15) is 12.8 Å². The highest BCUT2D eigenvalue weighted by molar-refractivity contribution is 8.93. The predicted molar refractivity (Wildman–Crippen MR) is 29.1 cm³/mol. The maximum atomic E-state index is 2.11. The Balaban J connectivity index is 0.000000160. The van der Waals surface area contributed by atoms with Crippen molar-refractivity contribution in [1.29, 1.82) is 0 Å². The molecule has 1 radical (unpaired) electrons. The smallest absolute Gasteiger partial charge is 0.167 e. The quantitative estimate of drug-likeness (QED) is 0.452. The van der Waals surface area contributed by atoms with E-state index >= 15 is 0 Å². The molecule has 0 unspecified atom stereocenters. The van der Waals surface area contributed by atoms with Gasteiger partial charge in [0.25, 0.3) is 0 Å². The third-order valence-corrected chi connectivity index (χ3v) is 1.51. The fourth-order valence-corrected chi connectivity index (χ4v) is 0.354. The minimum atomic E-state index is 0. The topological polar surface area (TPSA) is 0 Å². The van der Waals surface area contributed by atoms with Crippen LogP contribution in [0.3, 0.4) is 0 Å². The summed E-state index contributed by atoms with van der Waals surface area (Å²) in [5.41, 5.74) is 0. The summed E-state index contributed by atoms with van der Waals surface area (Å²) < 4.78 is 1.11. The fourth-order valence-electron chi connectivity index (χ4n) is 0.118. The lowest BCUT2D eigenvalue weighted by Gasteiger charge is -1.54. The summed E-state index contributed by atoms with van der Waals surface area (Å²) in [5, 5.41) is 0. The van der Waals surface area contributed by atoms with Crippen molar-refractivity contribution in [2.24, 2.45) is 0 Å². The molecule has 0 saturated heterocycles. The van der Waals surface area contributed by atoms with Gasteiger partial charge < -0.3 is 0 Å². The number of hydrogen-bond acceptors (Lipinski definition) is 0. The summed E-state index contributed by atoms with van der Waals surface area (Å²) in [6, 6.07) is 0. The number of rotatable bonds is 0. The fraction of sp³-hybridized carbons (Fsp3) is 1.00. The first kappa shape index (κ1) is 6.25. The lowest BCUT2D eigenvalue weighted by molar-refractivity contribution is 1.47. The van der Waals surface area contributed by atoms with Crippen molar-refractivity contribution in [3.05, 3.63) is 0 Å². The molecule has 1 aliphatic rings. The van der Waals surface area contributed by atoms with Crippen molar-refractivity contribution < 1.29 is 0 Å². The molecule has 0 aliphatic heterocycles. The van der Waals surface area contributed by atoms with Gasteiger partial charge in [-0.25, -0.2) is 0 Å². The average molecular weight is 146 g/mol. The highest BCUT2D eigenvalue weighted by atomic mass is 79.9. The Hall–Kier alpha value is 1.25. The molecule has 1 fully saturated rings. The molecule has 0 aromatic rings. The van der Waals surface area contributed by atoms with Gasteiger partial charge in [-0.1, -0.05) is 12.8 Å². The van der Waals surface area contributed by atoms with Crippen molar-refractivity contribution in [2.45, 2.75) is 16.9 Å². The van der Waals surface area contributed by atoms with Crippen LogP contribution < -0.4 is 0 Å². The monoisotopic (exact) mass is 145 g/mol. The largest absolute Gasteiger partial charge is 0.227 e. The number of halogens is 1. The van der Waals surface area contributed by atoms with Crippen LogP contribution in [0.25, 0.3) is 0 Å². The second-order valence-electron chi connectivity index (χ2n) is 1.44. The standard InChI is InChI=1S/C3H5.BrH.Mg/c1-2-3-1;;/h1H,2-3H2;1H;. The van der Waals surface area contributed by atoms with Gasteiger partial charge in [0.05, 0.1) is 0 Å². The highest BCUT2D eigenvalue weighted by Gasteiger charge is 2.09. The van der Waals surface area contributed by atoms with Gasteiger partial charge in [0.1, 0.15) is 0 Å². The zero-order chi connectivity index (χ0) is 2.99. The molecular formula is C3H6BrMg. The van der Waals surface area contributed by atoms with Crippen LogP contribution >= 0.6 is 17.0 Å². The Bertz CT molecular complexity index is 26.1. The summed E-state index contributed by atoms with van der Waals surface area (Å²) in [6.45, 7) is 0. The molecule has 0 spiro atoms. The van der Waals surface area contributed by atoms with Crippen molar-refractivity contribution in [3.63, 3.8) is 0 Å². The highest BCUT2D eigenvalue weighted by Crippen LogP contribution is 2.31. The van der Waals surface area contributed by atoms with Gasteiger partial charge in [0.15, 0.2) is 0 Å². The van der Waals surface area contributed by atoms with Crippen LogP contribution in [0, 0.1) is 0 Å². The lowest BCUT2D eigenvalue weighted by atomic mass is 11.0. The van der Waals surface area contributed by atoms with E-state index in [1.165, 1.54) is 12.8 Å². The second kappa shape index (κ2) is 2.42. The first-order valence-electron chi connectivity index (χ1n) is 1.72. The first-order chi connectivity index (χ1) is 1.89. The third-order valence-electron chi connectivity index (χ3n) is 0.697. The molecule has 0 heterocycles. The molecule has 0 N–H and O–H groups in total. The summed E-state index contributed by atoms with van der Waals surface area (Å²) in [4.78, 5) is 0. The van der Waals surface area contributed by atoms with E-state index < -0.39 is 0 Å². The molecule has 0 nitrogen and oxygen atoms in total. The van der Waals surface area contributed by atoms with Crippen molar-refractivity contribution in [2.75, 3.05) is 0 Å². The van der Waals surface area contributed by atoms with E-state index in [2.05, 4.69) is 21.7 Å². The molecule has 1 rings (SSSR count). The molecule has 0 aromatic heterocycles. The normalized spacial score (nSPS) is 20.6. The van der Waals surface area contributed by atoms with Crippen LogP contribution in [0.2, 0.25) is 4.05 Å². The van der Waals surface area contributed by atoms with Crippen molar-refractivity contribution in [1.82, 2.24) is 0 Å². The molecule has 27 valence electrons. The first-order valence-corrected chi connectivity index (χ1v) is 2.54. The van der Waals surface area contributed by atoms with Gasteiger partial charge in [0, 0.05) is 0 Å². The van der Waals surface area contributed by atoms with Gasteiger partial charge in [-0.05, 0) is 0 Å². The van der Waals surface area contributed by atoms with Gasteiger partial charge in [-0.15, -0.1) is 17.0 Å². The zero-order valence-corrected chi connectivity index (χ0v) is 6.23. The number of hydrogen-bond donors (Lipinski definition) is 0. The Morgan fingerprint density at radius 2 is 1.60 bits per heavy atom. The Morgan fingerprint density at radius 3 is 1.60 bits per heavy atom. The van der Waals surface area contributed by atoms with E-state index in [1.54, 1.807) is 0 Å². The van der Waals surface area contributed by atoms with Crippen LogP contribution in [-0.4, -0.2) is 21.7 Å². The Morgan fingerprint density at radius 1 is 1.40 bits per heavy atom. The van der Waals surface area contributed by atoms with Crippen LogP contribution in [-0.2, 0) is 0 Å². The van der Waals surface area contributed by atoms with E-state index in [9.17, 15) is 0 Å². The van der Waals surface area contributed by atoms with Crippen molar-refractivity contribution >= 4 is 38.7 Å². The summed E-state index contributed by atoms with van der Waals surface area (Å²) in [7, 11) is 0. The van der Waals surface area contributed by atoms with Crippen LogP contribution in [0.15, 0.2) is 0 Å². The predicted octanol–water partition coefficient (Wildman–Crippen LogP) is 1.32. The lowest BCUT2D eigenvalue weighted by Crippen LogP contribution is -1.47. The van der Waals surface area contributed by atoms with E-state index in [1.807, 2.05) is 0 Å². The minimum Gasteiger partial charge on any atom is -0.167 e. The summed E-state index contributed by atoms with van der Waals surface area (Å²) in [6.07, 6.45) is 3.00. The van der Waals surface area contributed by atoms with E-state index in [4.69, 9.17) is 0 Å². The molecular weight excluding hydrogens is 140 g/mol. The van der Waals surface area contributed by atoms with Gasteiger partial charge in [-0.3, -0.25) is 0 Å². The molecule has 0 amide bonds. The van der Waals surface area contributed by atoms with Crippen molar-refractivity contribution in [3.8, 4) is 0 Å². The van der Waals surface area contributed by atoms with Gasteiger partial charge in [0.2, 0.25) is 21.7 Å². The molecule has 1 saturated carbocycles. The SMILES string of the molecule is Br.[Mg][CH]1CC1. The third kappa shape index (κ3) is 3.07. The zero-order valence-electron chi connectivity index (χ0n) is 3.11. The minimum absolute atomic E-state index is 0. The molecule has 2 heteroatoms.